The summed E-state index contributed by atoms with van der Waals surface area (Å²) in [5.74, 6) is 2.42. The molecule has 1 aromatic carbocycles. The summed E-state index contributed by atoms with van der Waals surface area (Å²) in [5, 5.41) is 0. The molecule has 3 heterocycles. The van der Waals surface area contributed by atoms with Crippen molar-refractivity contribution >= 4 is 0 Å². The zero-order valence-electron chi connectivity index (χ0n) is 23.5. The van der Waals surface area contributed by atoms with E-state index in [9.17, 15) is 0 Å². The molecule has 0 aliphatic heterocycles. The topological polar surface area (TPSA) is 38.7 Å². The van der Waals surface area contributed by atoms with Gasteiger partial charge in [-0.2, -0.15) is 0 Å². The summed E-state index contributed by atoms with van der Waals surface area (Å²) in [6.45, 7) is 17.4. The molecule has 0 radical (unpaired) electrons. The zero-order chi connectivity index (χ0) is 26.8. The Bertz CT molecular complexity index is 840. The van der Waals surface area contributed by atoms with Crippen molar-refractivity contribution in [2.75, 3.05) is 0 Å². The van der Waals surface area contributed by atoms with E-state index in [1.807, 2.05) is 67.3 Å². The van der Waals surface area contributed by atoms with Gasteiger partial charge in [-0.1, -0.05) is 97.9 Å². The van der Waals surface area contributed by atoms with Crippen LogP contribution in [-0.4, -0.2) is 15.0 Å². The van der Waals surface area contributed by atoms with Crippen molar-refractivity contribution in [3.8, 4) is 0 Å². The molecule has 0 saturated carbocycles. The number of hydrogen-bond acceptors (Lipinski definition) is 3. The van der Waals surface area contributed by atoms with Gasteiger partial charge in [-0.25, -0.2) is 0 Å². The van der Waals surface area contributed by atoms with Crippen molar-refractivity contribution in [1.82, 2.24) is 15.0 Å². The molecule has 4 aromatic rings. The second-order valence-electron chi connectivity index (χ2n) is 9.85. The van der Waals surface area contributed by atoms with Gasteiger partial charge in [-0.3, -0.25) is 15.0 Å². The maximum absolute atomic E-state index is 4.18. The van der Waals surface area contributed by atoms with Crippen LogP contribution in [0.2, 0.25) is 0 Å². The molecule has 3 heteroatoms. The monoisotopic (exact) mass is 483 g/mol. The first kappa shape index (κ1) is 30.7. The van der Waals surface area contributed by atoms with E-state index in [-0.39, 0.29) is 0 Å². The summed E-state index contributed by atoms with van der Waals surface area (Å²) in [6, 6.07) is 24.7. The molecular weight excluding hydrogens is 438 g/mol. The molecule has 3 nitrogen and oxygen atoms in total. The van der Waals surface area contributed by atoms with Crippen LogP contribution in [0, 0.1) is 0 Å². The number of rotatable bonds is 4. The lowest BCUT2D eigenvalue weighted by atomic mass is 10.0. The number of benzene rings is 1. The molecule has 0 bridgehead atoms. The van der Waals surface area contributed by atoms with Gasteiger partial charge in [0, 0.05) is 36.7 Å². The van der Waals surface area contributed by atoms with Gasteiger partial charge in [-0.15, -0.1) is 0 Å². The Hall–Kier alpha value is -3.33. The summed E-state index contributed by atoms with van der Waals surface area (Å²) in [5.41, 5.74) is 5.23. The van der Waals surface area contributed by atoms with Crippen LogP contribution in [0.3, 0.4) is 0 Å². The van der Waals surface area contributed by atoms with Crippen molar-refractivity contribution in [1.29, 1.82) is 0 Å². The average molecular weight is 484 g/mol. The molecule has 36 heavy (non-hydrogen) atoms. The van der Waals surface area contributed by atoms with E-state index >= 15 is 0 Å². The van der Waals surface area contributed by atoms with Gasteiger partial charge in [0.1, 0.15) is 0 Å². The van der Waals surface area contributed by atoms with Gasteiger partial charge in [0.2, 0.25) is 0 Å². The van der Waals surface area contributed by atoms with Crippen molar-refractivity contribution in [3.63, 3.8) is 0 Å². The first-order valence-electron chi connectivity index (χ1n) is 13.0. The predicted molar refractivity (Wildman–Crippen MR) is 156 cm³/mol. The second-order valence-corrected chi connectivity index (χ2v) is 9.85. The highest BCUT2D eigenvalue weighted by Crippen LogP contribution is 2.12. The third kappa shape index (κ3) is 13.5. The lowest BCUT2D eigenvalue weighted by Gasteiger charge is -2.01. The molecule has 3 aromatic heterocycles. The Morgan fingerprint density at radius 2 is 0.944 bits per heavy atom. The zero-order valence-corrected chi connectivity index (χ0v) is 23.5. The largest absolute Gasteiger partial charge is 0.265 e. The maximum Gasteiger partial charge on any atom is 0.0428 e. The number of hydrogen-bond donors (Lipinski definition) is 0. The Morgan fingerprint density at radius 3 is 1.28 bits per heavy atom. The van der Waals surface area contributed by atoms with E-state index < -0.39 is 0 Å². The fourth-order valence-electron chi connectivity index (χ4n) is 3.02. The molecule has 0 aliphatic carbocycles. The first-order chi connectivity index (χ1) is 17.2. The Balaban J connectivity index is 0.000000240. The Labute approximate surface area is 220 Å². The van der Waals surface area contributed by atoms with Crippen LogP contribution in [0.1, 0.15) is 101 Å². The minimum absolute atomic E-state index is 0.547. The van der Waals surface area contributed by atoms with Crippen LogP contribution in [0.5, 0.6) is 0 Å². The van der Waals surface area contributed by atoms with Crippen LogP contribution in [0.4, 0.5) is 0 Å². The lowest BCUT2D eigenvalue weighted by Crippen LogP contribution is -1.88. The minimum atomic E-state index is 0.547. The fourth-order valence-corrected chi connectivity index (χ4v) is 3.02. The quantitative estimate of drug-likeness (QED) is 0.290. The summed E-state index contributed by atoms with van der Waals surface area (Å²) in [6.07, 6.45) is 9.19. The van der Waals surface area contributed by atoms with Crippen LogP contribution < -0.4 is 0 Å². The number of pyridine rings is 3. The fraction of sp³-hybridized carbons (Fsp3) is 0.364. The van der Waals surface area contributed by atoms with Gasteiger partial charge < -0.3 is 0 Å². The van der Waals surface area contributed by atoms with E-state index in [0.717, 1.165) is 5.69 Å². The highest BCUT2D eigenvalue weighted by molar-refractivity contribution is 5.17. The average Bonchev–Trinajstić information content (AvgIpc) is 2.92. The summed E-state index contributed by atoms with van der Waals surface area (Å²) < 4.78 is 0. The smallest absolute Gasteiger partial charge is 0.0428 e. The van der Waals surface area contributed by atoms with Gasteiger partial charge in [0.25, 0.3) is 0 Å². The SMILES string of the molecule is CC(C)c1ccccc1.CC(C)c1ccccn1.CC(C)c1cccnc1.CC(C)c1ccncc1. The summed E-state index contributed by atoms with van der Waals surface area (Å²) in [4.78, 5) is 12.1. The van der Waals surface area contributed by atoms with E-state index in [0.29, 0.717) is 23.7 Å². The molecule has 0 unspecified atom stereocenters. The highest BCUT2D eigenvalue weighted by Gasteiger charge is 1.96. The number of nitrogens with zero attached hydrogens (tertiary/aromatic N) is 3. The molecule has 4 rings (SSSR count). The van der Waals surface area contributed by atoms with Crippen molar-refractivity contribution < 1.29 is 0 Å². The third-order valence-electron chi connectivity index (χ3n) is 5.47. The van der Waals surface area contributed by atoms with Crippen molar-refractivity contribution in [3.05, 3.63) is 126 Å². The Kier molecular flexibility index (Phi) is 15.4. The van der Waals surface area contributed by atoms with Crippen LogP contribution in [0.25, 0.3) is 0 Å². The van der Waals surface area contributed by atoms with Crippen molar-refractivity contribution in [2.45, 2.75) is 79.1 Å². The molecule has 0 saturated heterocycles. The van der Waals surface area contributed by atoms with Gasteiger partial charge in [0.05, 0.1) is 0 Å². The van der Waals surface area contributed by atoms with E-state index in [1.54, 1.807) is 6.20 Å². The first-order valence-corrected chi connectivity index (χ1v) is 13.0. The Morgan fingerprint density at radius 1 is 0.417 bits per heavy atom. The van der Waals surface area contributed by atoms with Gasteiger partial charge in [0.15, 0.2) is 0 Å². The molecule has 0 amide bonds. The van der Waals surface area contributed by atoms with E-state index in [2.05, 4.69) is 101 Å². The molecule has 0 aliphatic rings. The molecular formula is C33H45N3. The van der Waals surface area contributed by atoms with Gasteiger partial charge >= 0.3 is 0 Å². The van der Waals surface area contributed by atoms with Crippen LogP contribution >= 0.6 is 0 Å². The third-order valence-corrected chi connectivity index (χ3v) is 5.47. The van der Waals surface area contributed by atoms with E-state index in [1.165, 1.54) is 16.7 Å². The molecule has 0 spiro atoms. The standard InChI is InChI=1S/C9H12.3C8H11N/c1-8(2)9-6-4-3-5-7-9;1-7(2)8-3-5-9-6-4-8;1-7(2)8-4-3-5-9-6-8;1-7(2)8-5-3-4-6-9-8/h3-8H,1-2H3;3*3-7H,1-2H3. The normalized spacial score (nSPS) is 10.1. The minimum Gasteiger partial charge on any atom is -0.265 e. The van der Waals surface area contributed by atoms with E-state index in [4.69, 9.17) is 0 Å². The summed E-state index contributed by atoms with van der Waals surface area (Å²) in [7, 11) is 0. The summed E-state index contributed by atoms with van der Waals surface area (Å²) >= 11 is 0. The predicted octanol–water partition coefficient (Wildman–Crippen LogP) is 9.43. The molecule has 0 atom stereocenters. The maximum atomic E-state index is 4.18. The van der Waals surface area contributed by atoms with Crippen LogP contribution in [0.15, 0.2) is 104 Å². The lowest BCUT2D eigenvalue weighted by molar-refractivity contribution is 0.823. The van der Waals surface area contributed by atoms with Gasteiger partial charge in [-0.05, 0) is 70.7 Å². The van der Waals surface area contributed by atoms with Crippen LogP contribution in [-0.2, 0) is 0 Å². The molecule has 0 fully saturated rings. The molecule has 0 N–H and O–H groups in total. The second kappa shape index (κ2) is 18.0. The number of aromatic nitrogens is 3. The van der Waals surface area contributed by atoms with Crippen molar-refractivity contribution in [2.24, 2.45) is 0 Å². The highest BCUT2D eigenvalue weighted by atomic mass is 14.7. The molecule has 192 valence electrons.